The molecule has 0 unspecified atom stereocenters. The van der Waals surface area contributed by atoms with Gasteiger partial charge in [-0.3, -0.25) is 0 Å². The van der Waals surface area contributed by atoms with Gasteiger partial charge in [-0.05, 0) is 17.5 Å². The highest BCUT2D eigenvalue weighted by Gasteiger charge is 2.15. The summed E-state index contributed by atoms with van der Waals surface area (Å²) in [6.45, 7) is 7.29. The van der Waals surface area contributed by atoms with E-state index in [0.29, 0.717) is 5.89 Å². The monoisotopic (exact) mass is 259 g/mol. The van der Waals surface area contributed by atoms with Crippen LogP contribution in [-0.2, 0) is 12.8 Å². The van der Waals surface area contributed by atoms with Crippen LogP contribution in [0.25, 0.3) is 0 Å². The molecule has 4 heteroatoms. The molecule has 4 nitrogen and oxygen atoms in total. The maximum absolute atomic E-state index is 5.25. The van der Waals surface area contributed by atoms with Crippen LogP contribution in [0.3, 0.4) is 0 Å². The molecule has 102 valence electrons. The Bertz CT molecular complexity index is 500. The number of hydrogen-bond acceptors (Lipinski definition) is 4. The van der Waals surface area contributed by atoms with Gasteiger partial charge in [0.2, 0.25) is 5.89 Å². The molecule has 0 bridgehead atoms. The fraction of sp³-hybridized carbons (Fsp3) is 0.467. The maximum Gasteiger partial charge on any atom is 0.228 e. The normalized spacial score (nSPS) is 11.5. The lowest BCUT2D eigenvalue weighted by atomic mass is 9.92. The highest BCUT2D eigenvalue weighted by molar-refractivity contribution is 5.42. The number of benzene rings is 1. The van der Waals surface area contributed by atoms with E-state index >= 15 is 0 Å². The minimum Gasteiger partial charge on any atom is -0.385 e. The quantitative estimate of drug-likeness (QED) is 0.895. The number of nitrogens with one attached hydrogen (secondary N) is 1. The van der Waals surface area contributed by atoms with Crippen molar-refractivity contribution >= 4 is 5.69 Å². The third-order valence-corrected chi connectivity index (χ3v) is 2.64. The Balaban J connectivity index is 1.81. The zero-order valence-corrected chi connectivity index (χ0v) is 11.8. The minimum atomic E-state index is 0.184. The van der Waals surface area contributed by atoms with Crippen LogP contribution in [0.2, 0.25) is 0 Å². The van der Waals surface area contributed by atoms with Crippen LogP contribution in [-0.4, -0.2) is 16.7 Å². The fourth-order valence-corrected chi connectivity index (χ4v) is 1.81. The number of aromatic nitrogens is 2. The zero-order valence-electron chi connectivity index (χ0n) is 11.8. The molecular formula is C15H21N3O. The molecule has 0 saturated heterocycles. The van der Waals surface area contributed by atoms with Crippen LogP contribution >= 0.6 is 0 Å². The molecule has 0 fully saturated rings. The van der Waals surface area contributed by atoms with E-state index in [0.717, 1.165) is 30.9 Å². The van der Waals surface area contributed by atoms with Gasteiger partial charge >= 0.3 is 0 Å². The summed E-state index contributed by atoms with van der Waals surface area (Å²) >= 11 is 0. The molecule has 1 aromatic carbocycles. The van der Waals surface area contributed by atoms with Gasteiger partial charge in [0.15, 0.2) is 5.82 Å². The Hall–Kier alpha value is -1.84. The standard InChI is InChI=1S/C15H21N3O/c1-15(2,3)11-13-17-14(19-18-13)9-10-16-12-7-5-4-6-8-12/h4-8,16H,9-11H2,1-3H3. The topological polar surface area (TPSA) is 51.0 Å². The Morgan fingerprint density at radius 3 is 2.58 bits per heavy atom. The Morgan fingerprint density at radius 1 is 1.16 bits per heavy atom. The van der Waals surface area contributed by atoms with Crippen LogP contribution in [0.5, 0.6) is 0 Å². The summed E-state index contributed by atoms with van der Waals surface area (Å²) in [5, 5.41) is 7.34. The Kier molecular flexibility index (Phi) is 4.20. The second kappa shape index (κ2) is 5.87. The van der Waals surface area contributed by atoms with Crippen molar-refractivity contribution in [3.63, 3.8) is 0 Å². The summed E-state index contributed by atoms with van der Waals surface area (Å²) in [6.07, 6.45) is 1.58. The molecule has 1 heterocycles. The second-order valence-electron chi connectivity index (χ2n) is 5.88. The lowest BCUT2D eigenvalue weighted by Gasteiger charge is -2.14. The molecule has 2 rings (SSSR count). The van der Waals surface area contributed by atoms with Crippen molar-refractivity contribution in [2.75, 3.05) is 11.9 Å². The average Bonchev–Trinajstić information content (AvgIpc) is 2.76. The van der Waals surface area contributed by atoms with E-state index in [9.17, 15) is 0 Å². The molecule has 0 radical (unpaired) electrons. The van der Waals surface area contributed by atoms with E-state index in [2.05, 4.69) is 36.2 Å². The number of anilines is 1. The molecule has 2 aromatic rings. The smallest absolute Gasteiger partial charge is 0.228 e. The van der Waals surface area contributed by atoms with Gasteiger partial charge in [-0.25, -0.2) is 0 Å². The molecule has 0 saturated carbocycles. The predicted octanol–water partition coefficient (Wildman–Crippen LogP) is 3.31. The third kappa shape index (κ3) is 4.73. The zero-order chi connectivity index (χ0) is 13.7. The first-order chi connectivity index (χ1) is 9.03. The lowest BCUT2D eigenvalue weighted by molar-refractivity contribution is 0.355. The summed E-state index contributed by atoms with van der Waals surface area (Å²) in [7, 11) is 0. The van der Waals surface area contributed by atoms with E-state index in [4.69, 9.17) is 4.52 Å². The number of para-hydroxylation sites is 1. The SMILES string of the molecule is CC(C)(C)Cc1noc(CCNc2ccccc2)n1. The minimum absolute atomic E-state index is 0.184. The van der Waals surface area contributed by atoms with Gasteiger partial charge < -0.3 is 9.84 Å². The van der Waals surface area contributed by atoms with E-state index < -0.39 is 0 Å². The van der Waals surface area contributed by atoms with Crippen LogP contribution in [0.15, 0.2) is 34.9 Å². The van der Waals surface area contributed by atoms with Crippen molar-refractivity contribution in [2.24, 2.45) is 5.41 Å². The summed E-state index contributed by atoms with van der Waals surface area (Å²) in [6, 6.07) is 10.1. The summed E-state index contributed by atoms with van der Waals surface area (Å²) in [4.78, 5) is 4.41. The number of nitrogens with zero attached hydrogens (tertiary/aromatic N) is 2. The number of hydrogen-bond donors (Lipinski definition) is 1. The first-order valence-corrected chi connectivity index (χ1v) is 6.63. The molecule has 1 aromatic heterocycles. The van der Waals surface area contributed by atoms with Crippen molar-refractivity contribution in [2.45, 2.75) is 33.6 Å². The van der Waals surface area contributed by atoms with Crippen LogP contribution in [0.1, 0.15) is 32.5 Å². The fourth-order valence-electron chi connectivity index (χ4n) is 1.81. The van der Waals surface area contributed by atoms with Crippen molar-refractivity contribution in [3.8, 4) is 0 Å². The largest absolute Gasteiger partial charge is 0.385 e. The highest BCUT2D eigenvalue weighted by atomic mass is 16.5. The van der Waals surface area contributed by atoms with Crippen molar-refractivity contribution in [1.82, 2.24) is 10.1 Å². The van der Waals surface area contributed by atoms with Gasteiger partial charge in [0.25, 0.3) is 0 Å². The summed E-state index contributed by atoms with van der Waals surface area (Å²) in [5.41, 5.74) is 1.29. The van der Waals surface area contributed by atoms with Gasteiger partial charge in [0, 0.05) is 25.1 Å². The van der Waals surface area contributed by atoms with E-state index in [-0.39, 0.29) is 5.41 Å². The molecule has 0 atom stereocenters. The van der Waals surface area contributed by atoms with E-state index in [1.807, 2.05) is 30.3 Å². The van der Waals surface area contributed by atoms with Gasteiger partial charge in [-0.2, -0.15) is 4.98 Å². The van der Waals surface area contributed by atoms with Crippen LogP contribution in [0.4, 0.5) is 5.69 Å². The van der Waals surface area contributed by atoms with E-state index in [1.165, 1.54) is 0 Å². The van der Waals surface area contributed by atoms with Crippen molar-refractivity contribution in [3.05, 3.63) is 42.0 Å². The second-order valence-corrected chi connectivity index (χ2v) is 5.88. The van der Waals surface area contributed by atoms with Crippen molar-refractivity contribution < 1.29 is 4.52 Å². The first kappa shape index (κ1) is 13.6. The highest BCUT2D eigenvalue weighted by Crippen LogP contribution is 2.18. The predicted molar refractivity (Wildman–Crippen MR) is 76.1 cm³/mol. The van der Waals surface area contributed by atoms with Gasteiger partial charge in [-0.15, -0.1) is 0 Å². The third-order valence-electron chi connectivity index (χ3n) is 2.64. The maximum atomic E-state index is 5.25. The van der Waals surface area contributed by atoms with Crippen LogP contribution < -0.4 is 5.32 Å². The number of rotatable bonds is 5. The molecule has 0 aliphatic heterocycles. The Labute approximate surface area is 114 Å². The Morgan fingerprint density at radius 2 is 1.89 bits per heavy atom. The molecule has 0 aliphatic carbocycles. The van der Waals surface area contributed by atoms with Gasteiger partial charge in [0.1, 0.15) is 0 Å². The molecule has 0 aliphatic rings. The molecule has 0 spiro atoms. The van der Waals surface area contributed by atoms with Crippen molar-refractivity contribution in [1.29, 1.82) is 0 Å². The van der Waals surface area contributed by atoms with Gasteiger partial charge in [0.05, 0.1) is 0 Å². The first-order valence-electron chi connectivity index (χ1n) is 6.63. The van der Waals surface area contributed by atoms with E-state index in [1.54, 1.807) is 0 Å². The molecule has 19 heavy (non-hydrogen) atoms. The average molecular weight is 259 g/mol. The molecular weight excluding hydrogens is 238 g/mol. The van der Waals surface area contributed by atoms with Gasteiger partial charge in [-0.1, -0.05) is 44.1 Å². The molecule has 1 N–H and O–H groups in total. The van der Waals surface area contributed by atoms with Crippen LogP contribution in [0, 0.1) is 5.41 Å². The lowest BCUT2D eigenvalue weighted by Crippen LogP contribution is -2.10. The summed E-state index contributed by atoms with van der Waals surface area (Å²) in [5.74, 6) is 1.49. The summed E-state index contributed by atoms with van der Waals surface area (Å²) < 4.78 is 5.25. The molecule has 0 amide bonds.